The van der Waals surface area contributed by atoms with Crippen LogP contribution in [0.3, 0.4) is 0 Å². The third-order valence-electron chi connectivity index (χ3n) is 9.63. The lowest BCUT2D eigenvalue weighted by molar-refractivity contribution is -0.870. The van der Waals surface area contributed by atoms with Gasteiger partial charge in [0.05, 0.1) is 27.7 Å². The fourth-order valence-electron chi connectivity index (χ4n) is 6.03. The molecule has 0 rings (SSSR count). The minimum Gasteiger partial charge on any atom is -0.756 e. The number of nitrogens with zero attached hydrogens (tertiary/aromatic N) is 1. The van der Waals surface area contributed by atoms with Crippen LogP contribution in [0.4, 0.5) is 0 Å². The normalized spacial score (nSPS) is 13.9. The monoisotopic (exact) mass is 812 g/mol. The van der Waals surface area contributed by atoms with Crippen molar-refractivity contribution in [2.45, 2.75) is 200 Å². The highest BCUT2D eigenvalue weighted by Gasteiger charge is 2.21. The van der Waals surface area contributed by atoms with Crippen molar-refractivity contribution < 1.29 is 42.1 Å². The van der Waals surface area contributed by atoms with Crippen molar-refractivity contribution in [2.24, 2.45) is 0 Å². The predicted octanol–water partition coefficient (Wildman–Crippen LogP) is 12.3. The Morgan fingerprint density at radius 2 is 0.964 bits per heavy atom. The van der Waals surface area contributed by atoms with Crippen molar-refractivity contribution in [2.75, 3.05) is 47.5 Å². The summed E-state index contributed by atoms with van der Waals surface area (Å²) in [5, 5.41) is 0. The first kappa shape index (κ1) is 54.2. The van der Waals surface area contributed by atoms with Crippen molar-refractivity contribution >= 4 is 19.8 Å². The molecule has 1 unspecified atom stereocenters. The molecule has 0 bridgehead atoms. The van der Waals surface area contributed by atoms with Crippen molar-refractivity contribution in [1.29, 1.82) is 0 Å². The fraction of sp³-hybridized carbons (Fsp3) is 0.826. The first-order valence-corrected chi connectivity index (χ1v) is 24.2. The molecule has 328 valence electrons. The number of carbonyl (C=O) groups excluding carboxylic acids is 2. The van der Waals surface area contributed by atoms with Gasteiger partial charge in [-0.15, -0.1) is 0 Å². The van der Waals surface area contributed by atoms with Crippen LogP contribution in [-0.4, -0.2) is 70.0 Å². The number of ether oxygens (including phenoxy) is 2. The number of rotatable bonds is 41. The molecule has 9 nitrogen and oxygen atoms in total. The summed E-state index contributed by atoms with van der Waals surface area (Å²) in [5.41, 5.74) is 0. The highest BCUT2D eigenvalue weighted by Crippen LogP contribution is 2.38. The summed E-state index contributed by atoms with van der Waals surface area (Å²) in [7, 11) is 1.15. The maximum atomic E-state index is 12.7. The third kappa shape index (κ3) is 41.9. The Kier molecular flexibility index (Phi) is 37.5. The molecule has 56 heavy (non-hydrogen) atoms. The minimum absolute atomic E-state index is 0.0348. The maximum absolute atomic E-state index is 12.7. The number of phosphoric acid groups is 1. The topological polar surface area (TPSA) is 111 Å². The van der Waals surface area contributed by atoms with Gasteiger partial charge in [0.25, 0.3) is 7.82 Å². The van der Waals surface area contributed by atoms with E-state index < -0.39 is 32.5 Å². The molecule has 0 radical (unpaired) electrons. The molecule has 0 amide bonds. The Hall–Kier alpha value is -1.77. The van der Waals surface area contributed by atoms with Crippen molar-refractivity contribution in [3.63, 3.8) is 0 Å². The van der Waals surface area contributed by atoms with Crippen LogP contribution in [0.2, 0.25) is 0 Å². The molecule has 0 aliphatic rings. The number of hydrogen-bond acceptors (Lipinski definition) is 8. The first-order valence-electron chi connectivity index (χ1n) is 22.7. The van der Waals surface area contributed by atoms with Crippen LogP contribution >= 0.6 is 7.82 Å². The lowest BCUT2D eigenvalue weighted by atomic mass is 10.1. The molecule has 0 aromatic rings. The highest BCUT2D eigenvalue weighted by molar-refractivity contribution is 7.45. The summed E-state index contributed by atoms with van der Waals surface area (Å²) in [6.45, 7) is 4.18. The van der Waals surface area contributed by atoms with E-state index in [1.54, 1.807) is 0 Å². The van der Waals surface area contributed by atoms with E-state index in [1.165, 1.54) is 96.3 Å². The largest absolute Gasteiger partial charge is 0.756 e. The summed E-state index contributed by atoms with van der Waals surface area (Å²) in [4.78, 5) is 37.5. The van der Waals surface area contributed by atoms with Gasteiger partial charge in [-0.1, -0.05) is 147 Å². The van der Waals surface area contributed by atoms with E-state index in [9.17, 15) is 19.0 Å². The van der Waals surface area contributed by atoms with Crippen LogP contribution in [0, 0.1) is 0 Å². The van der Waals surface area contributed by atoms with Crippen LogP contribution in [0.25, 0.3) is 0 Å². The van der Waals surface area contributed by atoms with Gasteiger partial charge >= 0.3 is 11.9 Å². The average molecular weight is 812 g/mol. The Balaban J connectivity index is 4.37. The Morgan fingerprint density at radius 1 is 0.554 bits per heavy atom. The van der Waals surface area contributed by atoms with Gasteiger partial charge < -0.3 is 27.9 Å². The zero-order valence-corrected chi connectivity index (χ0v) is 37.7. The van der Waals surface area contributed by atoms with Crippen molar-refractivity contribution in [1.82, 2.24) is 0 Å². The van der Waals surface area contributed by atoms with E-state index in [1.807, 2.05) is 21.1 Å². The number of quaternary nitrogens is 1. The maximum Gasteiger partial charge on any atom is 0.306 e. The quantitative estimate of drug-likeness (QED) is 0.0197. The molecule has 0 aromatic carbocycles. The summed E-state index contributed by atoms with van der Waals surface area (Å²) in [6, 6.07) is 0. The minimum atomic E-state index is -4.63. The molecular weight excluding hydrogens is 725 g/mol. The third-order valence-corrected chi connectivity index (χ3v) is 10.6. The van der Waals surface area contributed by atoms with Gasteiger partial charge in [-0.2, -0.15) is 0 Å². The van der Waals surface area contributed by atoms with E-state index in [0.717, 1.165) is 57.8 Å². The Labute approximate surface area is 344 Å². The van der Waals surface area contributed by atoms with Crippen LogP contribution in [0.5, 0.6) is 0 Å². The van der Waals surface area contributed by atoms with Gasteiger partial charge in [-0.05, 0) is 70.6 Å². The number of carbonyl (C=O) groups is 2. The molecular formula is C46H86NO8P. The molecule has 2 atom stereocenters. The molecule has 0 fully saturated rings. The summed E-state index contributed by atoms with van der Waals surface area (Å²) < 4.78 is 33.9. The highest BCUT2D eigenvalue weighted by atomic mass is 31.2. The van der Waals surface area contributed by atoms with E-state index in [4.69, 9.17) is 18.5 Å². The van der Waals surface area contributed by atoms with Gasteiger partial charge in [0.15, 0.2) is 6.10 Å². The van der Waals surface area contributed by atoms with Crippen molar-refractivity contribution in [3.05, 3.63) is 36.5 Å². The predicted molar refractivity (Wildman–Crippen MR) is 231 cm³/mol. The smallest absolute Gasteiger partial charge is 0.306 e. The standard InChI is InChI=1S/C46H86NO8P/c1-6-8-10-12-14-16-18-20-22-23-25-27-29-31-33-35-37-39-46(49)55-44(43-54-56(50,51)53-41-40-47(3,4)5)42-52-45(48)38-36-34-32-30-28-26-24-21-19-17-15-13-11-9-7-2/h14,16,20,22,26,28,44H,6-13,15,17-19,21,23-25,27,29-43H2,1-5H3/b16-14+,22-20+,28-26+/t44-/m1/s1. The molecule has 0 aliphatic carbocycles. The summed E-state index contributed by atoms with van der Waals surface area (Å²) in [5.74, 6) is -0.860. The average Bonchev–Trinajstić information content (AvgIpc) is 3.15. The van der Waals surface area contributed by atoms with Gasteiger partial charge in [-0.3, -0.25) is 14.2 Å². The molecule has 0 N–H and O–H groups in total. The zero-order valence-electron chi connectivity index (χ0n) is 36.8. The zero-order chi connectivity index (χ0) is 41.4. The summed E-state index contributed by atoms with van der Waals surface area (Å²) >= 11 is 0. The Bertz CT molecular complexity index is 1050. The lowest BCUT2D eigenvalue weighted by Crippen LogP contribution is -2.37. The second-order valence-electron chi connectivity index (χ2n) is 16.4. The molecule has 0 heterocycles. The lowest BCUT2D eigenvalue weighted by Gasteiger charge is -2.28. The second kappa shape index (κ2) is 38.7. The number of phosphoric ester groups is 1. The van der Waals surface area contributed by atoms with Crippen LogP contribution in [0.1, 0.15) is 194 Å². The molecule has 0 aliphatic heterocycles. The van der Waals surface area contributed by atoms with Gasteiger partial charge in [0.1, 0.15) is 19.8 Å². The Morgan fingerprint density at radius 3 is 1.48 bits per heavy atom. The molecule has 0 spiro atoms. The first-order chi connectivity index (χ1) is 27.0. The number of likely N-dealkylation sites (N-methyl/N-ethyl adjacent to an activating group) is 1. The van der Waals surface area contributed by atoms with Crippen LogP contribution in [-0.2, 0) is 32.7 Å². The molecule has 0 saturated heterocycles. The van der Waals surface area contributed by atoms with Gasteiger partial charge in [0.2, 0.25) is 0 Å². The van der Waals surface area contributed by atoms with E-state index in [0.29, 0.717) is 23.9 Å². The number of allylic oxidation sites excluding steroid dienone is 6. The SMILES string of the molecule is CCCCC/C=C/C/C=C/CCCCCCCCCC(=O)O[C@H](COC(=O)CCCCC/C=C/CCCCCCCCCC)COP(=O)([O-])OCC[N+](C)(C)C. The summed E-state index contributed by atoms with van der Waals surface area (Å²) in [6.07, 6.45) is 43.1. The van der Waals surface area contributed by atoms with E-state index >= 15 is 0 Å². The van der Waals surface area contributed by atoms with Crippen molar-refractivity contribution in [3.8, 4) is 0 Å². The molecule has 0 aromatic heterocycles. The van der Waals surface area contributed by atoms with Crippen LogP contribution < -0.4 is 4.89 Å². The van der Waals surface area contributed by atoms with Gasteiger partial charge in [-0.25, -0.2) is 0 Å². The van der Waals surface area contributed by atoms with Gasteiger partial charge in [0, 0.05) is 12.8 Å². The number of esters is 2. The fourth-order valence-corrected chi connectivity index (χ4v) is 6.76. The second-order valence-corrected chi connectivity index (χ2v) is 17.8. The number of hydrogen-bond donors (Lipinski definition) is 0. The van der Waals surface area contributed by atoms with E-state index in [-0.39, 0.29) is 26.1 Å². The van der Waals surface area contributed by atoms with Crippen LogP contribution in [0.15, 0.2) is 36.5 Å². The molecule has 10 heteroatoms. The number of unbranched alkanes of at least 4 members (excludes halogenated alkanes) is 21. The molecule has 0 saturated carbocycles. The van der Waals surface area contributed by atoms with E-state index in [2.05, 4.69) is 50.3 Å².